The van der Waals surface area contributed by atoms with Crippen LogP contribution < -0.4 is 5.32 Å². The smallest absolute Gasteiger partial charge is 0.252 e. The van der Waals surface area contributed by atoms with Crippen molar-refractivity contribution >= 4 is 27.5 Å². The Bertz CT molecular complexity index is 591. The highest BCUT2D eigenvalue weighted by Gasteiger charge is 2.30. The van der Waals surface area contributed by atoms with Gasteiger partial charge in [0.25, 0.3) is 5.91 Å². The summed E-state index contributed by atoms with van der Waals surface area (Å²) in [5.74, 6) is -0.00519. The van der Waals surface area contributed by atoms with Crippen LogP contribution in [0.1, 0.15) is 24.0 Å². The van der Waals surface area contributed by atoms with Crippen molar-refractivity contribution in [3.63, 3.8) is 0 Å². The average molecular weight is 292 g/mol. The van der Waals surface area contributed by atoms with Crippen LogP contribution in [0, 0.1) is 5.92 Å². The van der Waals surface area contributed by atoms with Gasteiger partial charge in [0.2, 0.25) is 0 Å². The molecule has 6 heteroatoms. The van der Waals surface area contributed by atoms with Crippen molar-refractivity contribution in [2.75, 3.05) is 6.54 Å². The first-order chi connectivity index (χ1) is 9.65. The largest absolute Gasteiger partial charge is 0.383 e. The Labute approximate surface area is 120 Å². The molecule has 106 valence electrons. The minimum atomic E-state index is -1.48. The average Bonchev–Trinajstić information content (AvgIpc) is 3.19. The van der Waals surface area contributed by atoms with E-state index in [9.17, 15) is 15.0 Å². The van der Waals surface area contributed by atoms with Crippen molar-refractivity contribution in [1.29, 1.82) is 0 Å². The van der Waals surface area contributed by atoms with Gasteiger partial charge in [0.1, 0.15) is 11.1 Å². The van der Waals surface area contributed by atoms with Gasteiger partial charge in [0, 0.05) is 6.54 Å². The Hall–Kier alpha value is -1.50. The summed E-state index contributed by atoms with van der Waals surface area (Å²) in [4.78, 5) is 16.0. The van der Waals surface area contributed by atoms with E-state index in [1.807, 2.05) is 24.3 Å². The van der Waals surface area contributed by atoms with Crippen LogP contribution in [-0.2, 0) is 4.79 Å². The number of carbonyl (C=O) groups excluding carboxylic acids is 1. The summed E-state index contributed by atoms with van der Waals surface area (Å²) < 4.78 is 0.923. The fourth-order valence-corrected chi connectivity index (χ4v) is 2.95. The molecule has 0 aliphatic heterocycles. The van der Waals surface area contributed by atoms with Gasteiger partial charge in [-0.15, -0.1) is 11.3 Å². The van der Waals surface area contributed by atoms with E-state index in [-0.39, 0.29) is 0 Å². The van der Waals surface area contributed by atoms with E-state index >= 15 is 0 Å². The van der Waals surface area contributed by atoms with E-state index in [4.69, 9.17) is 0 Å². The predicted octanol–water partition coefficient (Wildman–Crippen LogP) is 1.22. The molecule has 20 heavy (non-hydrogen) atoms. The summed E-state index contributed by atoms with van der Waals surface area (Å²) in [5.41, 5.74) is 0.761. The molecule has 0 radical (unpaired) electrons. The zero-order valence-electron chi connectivity index (χ0n) is 10.8. The molecular weight excluding hydrogens is 276 g/mol. The molecule has 3 rings (SSSR count). The first kappa shape index (κ1) is 13.5. The molecule has 2 unspecified atom stereocenters. The van der Waals surface area contributed by atoms with Crippen LogP contribution in [0.3, 0.4) is 0 Å². The number of aliphatic hydroxyl groups excluding tert-OH is 2. The fourth-order valence-electron chi connectivity index (χ4n) is 1.97. The number of nitrogens with zero attached hydrogens (tertiary/aromatic N) is 1. The summed E-state index contributed by atoms with van der Waals surface area (Å²) >= 11 is 1.29. The van der Waals surface area contributed by atoms with Crippen molar-refractivity contribution in [3.8, 4) is 0 Å². The van der Waals surface area contributed by atoms with Gasteiger partial charge in [-0.3, -0.25) is 4.79 Å². The molecular formula is C14H16N2O3S. The lowest BCUT2D eigenvalue weighted by Gasteiger charge is -2.15. The third-order valence-corrected chi connectivity index (χ3v) is 4.50. The monoisotopic (exact) mass is 292 g/mol. The highest BCUT2D eigenvalue weighted by atomic mass is 32.1. The fraction of sp³-hybridized carbons (Fsp3) is 0.429. The van der Waals surface area contributed by atoms with Crippen LogP contribution in [0.4, 0.5) is 0 Å². The van der Waals surface area contributed by atoms with Crippen molar-refractivity contribution < 1.29 is 15.0 Å². The van der Waals surface area contributed by atoms with Gasteiger partial charge in [-0.25, -0.2) is 4.98 Å². The van der Waals surface area contributed by atoms with Gasteiger partial charge < -0.3 is 15.5 Å². The second-order valence-corrected chi connectivity index (χ2v) is 6.16. The molecule has 1 aliphatic carbocycles. The van der Waals surface area contributed by atoms with Gasteiger partial charge in [0.05, 0.1) is 10.2 Å². The van der Waals surface area contributed by atoms with E-state index in [0.29, 0.717) is 17.5 Å². The number of nitrogens with one attached hydrogen (secondary N) is 1. The third kappa shape index (κ3) is 2.82. The zero-order valence-corrected chi connectivity index (χ0v) is 11.6. The lowest BCUT2D eigenvalue weighted by molar-refractivity contribution is -0.135. The molecule has 1 aliphatic rings. The SMILES string of the molecule is O=C(NCC1CC1)C(O)C(O)c1nc2ccccc2s1. The number of amides is 1. The number of fused-ring (bicyclic) bond motifs is 1. The summed E-state index contributed by atoms with van der Waals surface area (Å²) in [6.45, 7) is 0.572. The Balaban J connectivity index is 1.69. The van der Waals surface area contributed by atoms with Gasteiger partial charge >= 0.3 is 0 Å². The van der Waals surface area contributed by atoms with Crippen molar-refractivity contribution in [2.45, 2.75) is 25.0 Å². The Morgan fingerprint density at radius 3 is 2.85 bits per heavy atom. The Morgan fingerprint density at radius 2 is 2.15 bits per heavy atom. The second kappa shape index (κ2) is 5.47. The normalized spacial score (nSPS) is 17.9. The maximum Gasteiger partial charge on any atom is 0.252 e. The number of para-hydroxylation sites is 1. The first-order valence-corrected chi connectivity index (χ1v) is 7.46. The molecule has 0 bridgehead atoms. The lowest BCUT2D eigenvalue weighted by atomic mass is 10.2. The minimum absolute atomic E-state index is 0.361. The number of thiazole rings is 1. The van der Waals surface area contributed by atoms with Crippen LogP contribution in [0.5, 0.6) is 0 Å². The molecule has 1 aromatic heterocycles. The molecule has 1 fully saturated rings. The number of hydrogen-bond donors (Lipinski definition) is 3. The van der Waals surface area contributed by atoms with Crippen molar-refractivity contribution in [2.24, 2.45) is 5.92 Å². The summed E-state index contributed by atoms with van der Waals surface area (Å²) in [7, 11) is 0. The second-order valence-electron chi connectivity index (χ2n) is 5.10. The number of benzene rings is 1. The van der Waals surface area contributed by atoms with Crippen LogP contribution >= 0.6 is 11.3 Å². The molecule has 1 saturated carbocycles. The van der Waals surface area contributed by atoms with Crippen LogP contribution in [0.2, 0.25) is 0 Å². The van der Waals surface area contributed by atoms with E-state index in [0.717, 1.165) is 23.1 Å². The van der Waals surface area contributed by atoms with Crippen molar-refractivity contribution in [3.05, 3.63) is 29.3 Å². The Kier molecular flexibility index (Phi) is 3.69. The summed E-state index contributed by atoms with van der Waals surface area (Å²) in [6, 6.07) is 7.47. The van der Waals surface area contributed by atoms with Gasteiger partial charge in [-0.05, 0) is 30.9 Å². The molecule has 1 amide bonds. The van der Waals surface area contributed by atoms with Crippen molar-refractivity contribution in [1.82, 2.24) is 10.3 Å². The number of aliphatic hydroxyl groups is 2. The third-order valence-electron chi connectivity index (χ3n) is 3.39. The summed E-state index contributed by atoms with van der Waals surface area (Å²) in [5, 5.41) is 23.0. The molecule has 0 spiro atoms. The van der Waals surface area contributed by atoms with Gasteiger partial charge in [0.15, 0.2) is 6.10 Å². The van der Waals surface area contributed by atoms with Gasteiger partial charge in [-0.1, -0.05) is 12.1 Å². The van der Waals surface area contributed by atoms with Crippen LogP contribution in [-0.4, -0.2) is 33.8 Å². The maximum atomic E-state index is 11.8. The van der Waals surface area contributed by atoms with Gasteiger partial charge in [-0.2, -0.15) is 0 Å². The minimum Gasteiger partial charge on any atom is -0.383 e. The molecule has 0 saturated heterocycles. The lowest BCUT2D eigenvalue weighted by Crippen LogP contribution is -2.39. The molecule has 5 nitrogen and oxygen atoms in total. The maximum absolute atomic E-state index is 11.8. The highest BCUT2D eigenvalue weighted by molar-refractivity contribution is 7.18. The quantitative estimate of drug-likeness (QED) is 0.774. The molecule has 1 heterocycles. The van der Waals surface area contributed by atoms with E-state index in [1.165, 1.54) is 11.3 Å². The number of hydrogen-bond acceptors (Lipinski definition) is 5. The van der Waals surface area contributed by atoms with Crippen LogP contribution in [0.25, 0.3) is 10.2 Å². The zero-order chi connectivity index (χ0) is 14.1. The van der Waals surface area contributed by atoms with E-state index < -0.39 is 18.1 Å². The molecule has 1 aromatic carbocycles. The van der Waals surface area contributed by atoms with Crippen LogP contribution in [0.15, 0.2) is 24.3 Å². The van der Waals surface area contributed by atoms with E-state index in [1.54, 1.807) is 0 Å². The highest BCUT2D eigenvalue weighted by Crippen LogP contribution is 2.29. The number of aromatic nitrogens is 1. The summed E-state index contributed by atoms with van der Waals surface area (Å²) in [6.07, 6.45) is -0.519. The first-order valence-electron chi connectivity index (χ1n) is 6.64. The van der Waals surface area contributed by atoms with E-state index in [2.05, 4.69) is 10.3 Å². The number of carbonyl (C=O) groups is 1. The topological polar surface area (TPSA) is 82.5 Å². The number of rotatable bonds is 5. The Morgan fingerprint density at radius 1 is 1.40 bits per heavy atom. The molecule has 2 atom stereocenters. The standard InChI is InChI=1S/C14H16N2O3S/c17-11(13(19)15-7-8-5-6-8)12(18)14-16-9-3-1-2-4-10(9)20-14/h1-4,8,11-12,17-18H,5-7H2,(H,15,19). The predicted molar refractivity (Wildman–Crippen MR) is 76.3 cm³/mol. The molecule has 2 aromatic rings. The molecule has 3 N–H and O–H groups in total.